The predicted octanol–water partition coefficient (Wildman–Crippen LogP) is 1.81. The number of aliphatic hydroxyl groups excluding tert-OH is 3. The first-order chi connectivity index (χ1) is 12.0. The fraction of sp³-hybridized carbons (Fsp3) is 0.294. The second-order valence-electron chi connectivity index (χ2n) is 5.58. The van der Waals surface area contributed by atoms with Crippen LogP contribution in [0, 0.1) is 11.3 Å². The first-order valence-electron chi connectivity index (χ1n) is 7.47. The third-order valence-corrected chi connectivity index (χ3v) is 5.39. The first kappa shape index (κ1) is 18.0. The number of hydrogen-bond acceptors (Lipinski definition) is 7. The molecule has 4 atom stereocenters. The number of thioether (sulfide) groups is 1. The predicted molar refractivity (Wildman–Crippen MR) is 94.3 cm³/mol. The summed E-state index contributed by atoms with van der Waals surface area (Å²) in [5.41, 5.74) is 1.19. The zero-order chi connectivity index (χ0) is 18.0. The molecule has 1 fully saturated rings. The summed E-state index contributed by atoms with van der Waals surface area (Å²) in [7, 11) is 0. The van der Waals surface area contributed by atoms with E-state index in [1.807, 2.05) is 6.07 Å². The van der Waals surface area contributed by atoms with Crippen molar-refractivity contribution in [2.24, 2.45) is 0 Å². The lowest BCUT2D eigenvalue weighted by Crippen LogP contribution is -2.50. The number of nitriles is 1. The van der Waals surface area contributed by atoms with Gasteiger partial charge in [0, 0.05) is 17.5 Å². The SMILES string of the molecule is N#Cc1ccc(-c2cncc(O[C@@H]3SC[C@@H](O)[C@H](O)[C@H]3O)c2)cc1Cl. The van der Waals surface area contributed by atoms with Crippen molar-refractivity contribution in [3.05, 3.63) is 47.2 Å². The van der Waals surface area contributed by atoms with Gasteiger partial charge in [0.2, 0.25) is 0 Å². The minimum absolute atomic E-state index is 0.265. The molecule has 0 bridgehead atoms. The molecule has 8 heteroatoms. The minimum Gasteiger partial charge on any atom is -0.475 e. The molecule has 1 aromatic heterocycles. The van der Waals surface area contributed by atoms with Gasteiger partial charge in [-0.05, 0) is 23.8 Å². The van der Waals surface area contributed by atoms with E-state index in [2.05, 4.69) is 4.98 Å². The van der Waals surface area contributed by atoms with Gasteiger partial charge in [-0.1, -0.05) is 17.7 Å². The fourth-order valence-corrected chi connectivity index (χ4v) is 3.79. The lowest BCUT2D eigenvalue weighted by atomic mass is 10.1. The van der Waals surface area contributed by atoms with Gasteiger partial charge in [0.05, 0.1) is 22.9 Å². The molecule has 6 nitrogen and oxygen atoms in total. The highest BCUT2D eigenvalue weighted by Crippen LogP contribution is 2.31. The lowest BCUT2D eigenvalue weighted by molar-refractivity contribution is -0.0786. The van der Waals surface area contributed by atoms with Crippen molar-refractivity contribution in [2.75, 3.05) is 5.75 Å². The zero-order valence-corrected chi connectivity index (χ0v) is 14.5. The van der Waals surface area contributed by atoms with Gasteiger partial charge in [-0.2, -0.15) is 5.26 Å². The van der Waals surface area contributed by atoms with Crippen LogP contribution in [-0.4, -0.2) is 49.8 Å². The Labute approximate surface area is 153 Å². The normalized spacial score (nSPS) is 26.0. The maximum Gasteiger partial charge on any atom is 0.173 e. The topological polar surface area (TPSA) is 107 Å². The van der Waals surface area contributed by atoms with Crippen LogP contribution in [0.1, 0.15) is 5.56 Å². The summed E-state index contributed by atoms with van der Waals surface area (Å²) >= 11 is 7.28. The number of pyridine rings is 1. The van der Waals surface area contributed by atoms with Crippen molar-refractivity contribution in [2.45, 2.75) is 23.7 Å². The molecule has 0 saturated carbocycles. The standard InChI is InChI=1S/C17H15ClN2O4S/c18-13-4-9(1-2-10(13)5-19)11-3-12(7-20-6-11)24-17-16(23)15(22)14(21)8-25-17/h1-4,6-7,14-17,21-23H,8H2/t14-,15+,16-,17-/m1/s1. The Kier molecular flexibility index (Phi) is 5.47. The highest BCUT2D eigenvalue weighted by atomic mass is 35.5. The van der Waals surface area contributed by atoms with Gasteiger partial charge < -0.3 is 20.1 Å². The second-order valence-corrected chi connectivity index (χ2v) is 7.12. The van der Waals surface area contributed by atoms with Crippen molar-refractivity contribution in [1.29, 1.82) is 5.26 Å². The van der Waals surface area contributed by atoms with Crippen LogP contribution >= 0.6 is 23.4 Å². The van der Waals surface area contributed by atoms with Gasteiger partial charge in [0.15, 0.2) is 5.44 Å². The highest BCUT2D eigenvalue weighted by molar-refractivity contribution is 7.99. The zero-order valence-electron chi connectivity index (χ0n) is 12.9. The first-order valence-corrected chi connectivity index (χ1v) is 8.90. The summed E-state index contributed by atoms with van der Waals surface area (Å²) in [5, 5.41) is 38.6. The summed E-state index contributed by atoms with van der Waals surface area (Å²) in [6.07, 6.45) is -0.306. The maximum atomic E-state index is 10.0. The molecule has 0 unspecified atom stereocenters. The highest BCUT2D eigenvalue weighted by Gasteiger charge is 2.38. The molecule has 1 saturated heterocycles. The van der Waals surface area contributed by atoms with Crippen molar-refractivity contribution in [1.82, 2.24) is 4.98 Å². The molecular formula is C17H15ClN2O4S. The van der Waals surface area contributed by atoms with Crippen molar-refractivity contribution >= 4 is 23.4 Å². The Morgan fingerprint density at radius 3 is 2.68 bits per heavy atom. The van der Waals surface area contributed by atoms with E-state index >= 15 is 0 Å². The largest absolute Gasteiger partial charge is 0.475 e. The molecule has 130 valence electrons. The summed E-state index contributed by atoms with van der Waals surface area (Å²) in [6, 6.07) is 8.80. The Bertz CT molecular complexity index is 813. The van der Waals surface area contributed by atoms with Gasteiger partial charge in [-0.3, -0.25) is 4.98 Å². The monoisotopic (exact) mass is 378 g/mol. The number of aliphatic hydroxyl groups is 3. The smallest absolute Gasteiger partial charge is 0.173 e. The van der Waals surface area contributed by atoms with Gasteiger partial charge in [-0.25, -0.2) is 0 Å². The number of hydrogen-bond donors (Lipinski definition) is 3. The Morgan fingerprint density at radius 1 is 1.16 bits per heavy atom. The molecule has 3 N–H and O–H groups in total. The van der Waals surface area contributed by atoms with Crippen molar-refractivity contribution in [3.63, 3.8) is 0 Å². The van der Waals surface area contributed by atoms with Gasteiger partial charge in [-0.15, -0.1) is 11.8 Å². The molecule has 0 spiro atoms. The Balaban J connectivity index is 1.80. The summed E-state index contributed by atoms with van der Waals surface area (Å²) in [4.78, 5) is 4.12. The minimum atomic E-state index is -1.25. The van der Waals surface area contributed by atoms with Crippen LogP contribution in [0.4, 0.5) is 0 Å². The van der Waals surface area contributed by atoms with Crippen LogP contribution in [0.5, 0.6) is 5.75 Å². The van der Waals surface area contributed by atoms with Gasteiger partial charge in [0.1, 0.15) is 24.0 Å². The summed E-state index contributed by atoms with van der Waals surface area (Å²) < 4.78 is 5.72. The quantitative estimate of drug-likeness (QED) is 0.747. The number of ether oxygens (including phenoxy) is 1. The summed E-state index contributed by atoms with van der Waals surface area (Å²) in [6.45, 7) is 0. The molecule has 1 aliphatic rings. The fourth-order valence-electron chi connectivity index (χ4n) is 2.44. The van der Waals surface area contributed by atoms with E-state index in [4.69, 9.17) is 21.6 Å². The number of aromatic nitrogens is 1. The molecule has 1 aliphatic heterocycles. The summed E-state index contributed by atoms with van der Waals surface area (Å²) in [5.74, 6) is 0.680. The van der Waals surface area contributed by atoms with Gasteiger partial charge in [0.25, 0.3) is 0 Å². The average Bonchev–Trinajstić information content (AvgIpc) is 2.62. The van der Waals surface area contributed by atoms with E-state index < -0.39 is 23.7 Å². The molecule has 0 amide bonds. The lowest BCUT2D eigenvalue weighted by Gasteiger charge is -2.34. The Hall–Kier alpha value is -1.82. The third-order valence-electron chi connectivity index (χ3n) is 3.84. The van der Waals surface area contributed by atoms with Crippen molar-refractivity contribution in [3.8, 4) is 22.9 Å². The van der Waals surface area contributed by atoms with E-state index in [0.29, 0.717) is 16.3 Å². The number of nitrogens with zero attached hydrogens (tertiary/aromatic N) is 2. The van der Waals surface area contributed by atoms with Crippen LogP contribution in [0.25, 0.3) is 11.1 Å². The number of rotatable bonds is 3. The Morgan fingerprint density at radius 2 is 1.96 bits per heavy atom. The van der Waals surface area contributed by atoms with E-state index in [9.17, 15) is 15.3 Å². The molecular weight excluding hydrogens is 364 g/mol. The average molecular weight is 379 g/mol. The van der Waals surface area contributed by atoms with E-state index in [-0.39, 0.29) is 5.75 Å². The van der Waals surface area contributed by atoms with E-state index in [0.717, 1.165) is 11.1 Å². The molecule has 2 heterocycles. The second kappa shape index (κ2) is 7.60. The number of halogens is 1. The van der Waals surface area contributed by atoms with Crippen LogP contribution in [0.2, 0.25) is 5.02 Å². The van der Waals surface area contributed by atoms with Crippen LogP contribution < -0.4 is 4.74 Å². The van der Waals surface area contributed by atoms with E-state index in [1.165, 1.54) is 18.0 Å². The van der Waals surface area contributed by atoms with Crippen LogP contribution in [0.3, 0.4) is 0 Å². The number of benzene rings is 1. The van der Waals surface area contributed by atoms with Crippen LogP contribution in [-0.2, 0) is 0 Å². The molecule has 0 aliphatic carbocycles. The molecule has 1 aromatic carbocycles. The van der Waals surface area contributed by atoms with Crippen molar-refractivity contribution < 1.29 is 20.1 Å². The molecule has 2 aromatic rings. The molecule has 0 radical (unpaired) electrons. The van der Waals surface area contributed by atoms with E-state index in [1.54, 1.807) is 30.5 Å². The third kappa shape index (κ3) is 3.89. The maximum absolute atomic E-state index is 10.0. The van der Waals surface area contributed by atoms with Gasteiger partial charge >= 0.3 is 0 Å². The molecule has 25 heavy (non-hydrogen) atoms. The van der Waals surface area contributed by atoms with Crippen LogP contribution in [0.15, 0.2) is 36.7 Å². The molecule has 3 rings (SSSR count).